The SMILES string of the molecule is C[C@H]1[C@H](OCP(=O)(O)O)C(O)[C@@](C)(O)[C@@H]1n1cnc2c(N)ncnc21. The van der Waals surface area contributed by atoms with E-state index < -0.39 is 43.7 Å². The maximum Gasteiger partial charge on any atom is 0.350 e. The maximum atomic E-state index is 11.1. The molecule has 11 nitrogen and oxygen atoms in total. The van der Waals surface area contributed by atoms with Crippen LogP contribution in [0.3, 0.4) is 0 Å². The standard InChI is InChI=1S/C13H20N5O6P/c1-6-8(24-5-25(21,22)23)10(19)13(2,20)9(6)18-4-17-7-11(14)15-3-16-12(7)18/h3-4,6,8-10,19-20H,5H2,1-2H3,(H2,14,15,16)(H2,21,22,23)/t6-,8-,9+,10?,13-/m0/s1. The molecule has 1 aliphatic rings. The van der Waals surface area contributed by atoms with Gasteiger partial charge in [-0.2, -0.15) is 0 Å². The number of hydrogen-bond donors (Lipinski definition) is 5. The highest BCUT2D eigenvalue weighted by Crippen LogP contribution is 2.47. The smallest absolute Gasteiger partial charge is 0.350 e. The molecular weight excluding hydrogens is 353 g/mol. The zero-order valence-electron chi connectivity index (χ0n) is 13.6. The summed E-state index contributed by atoms with van der Waals surface area (Å²) < 4.78 is 17.9. The first-order valence-corrected chi connectivity index (χ1v) is 9.33. The number of hydrogen-bond acceptors (Lipinski definition) is 8. The number of anilines is 1. The monoisotopic (exact) mass is 373 g/mol. The summed E-state index contributed by atoms with van der Waals surface area (Å²) in [7, 11) is -4.41. The third-order valence-corrected chi connectivity index (χ3v) is 5.13. The first-order chi connectivity index (χ1) is 11.5. The number of imidazole rings is 1. The van der Waals surface area contributed by atoms with Crippen LogP contribution in [0.5, 0.6) is 0 Å². The van der Waals surface area contributed by atoms with Gasteiger partial charge in [0.1, 0.15) is 29.9 Å². The minimum absolute atomic E-state index is 0.184. The van der Waals surface area contributed by atoms with E-state index in [1.54, 1.807) is 11.5 Å². The highest BCUT2D eigenvalue weighted by molar-refractivity contribution is 7.51. The van der Waals surface area contributed by atoms with Gasteiger partial charge in [0.05, 0.1) is 18.5 Å². The molecule has 0 spiro atoms. The summed E-state index contributed by atoms with van der Waals surface area (Å²) >= 11 is 0. The lowest BCUT2D eigenvalue weighted by Crippen LogP contribution is -2.44. The van der Waals surface area contributed by atoms with Crippen molar-refractivity contribution in [3.8, 4) is 0 Å². The molecule has 0 amide bonds. The van der Waals surface area contributed by atoms with Crippen molar-refractivity contribution in [3.05, 3.63) is 12.7 Å². The van der Waals surface area contributed by atoms with Gasteiger partial charge in [0.15, 0.2) is 11.5 Å². The lowest BCUT2D eigenvalue weighted by Gasteiger charge is -2.30. The molecule has 12 heteroatoms. The molecule has 0 saturated heterocycles. The summed E-state index contributed by atoms with van der Waals surface area (Å²) in [5, 5.41) is 21.3. The van der Waals surface area contributed by atoms with Crippen LogP contribution in [0.4, 0.5) is 5.82 Å². The van der Waals surface area contributed by atoms with Crippen LogP contribution in [-0.4, -0.2) is 63.7 Å². The Morgan fingerprint density at radius 2 is 2.08 bits per heavy atom. The lowest BCUT2D eigenvalue weighted by atomic mass is 9.95. The van der Waals surface area contributed by atoms with Crippen molar-refractivity contribution in [1.29, 1.82) is 0 Å². The number of aliphatic hydroxyl groups excluding tert-OH is 1. The van der Waals surface area contributed by atoms with Crippen molar-refractivity contribution in [2.24, 2.45) is 5.92 Å². The first-order valence-electron chi connectivity index (χ1n) is 7.53. The van der Waals surface area contributed by atoms with Gasteiger partial charge >= 0.3 is 7.60 Å². The third-order valence-electron chi connectivity index (χ3n) is 4.65. The quantitative estimate of drug-likeness (QED) is 0.428. The highest BCUT2D eigenvalue weighted by atomic mass is 31.2. The molecule has 25 heavy (non-hydrogen) atoms. The van der Waals surface area contributed by atoms with E-state index in [0.29, 0.717) is 11.2 Å². The molecule has 1 fully saturated rings. The Hall–Kier alpha value is -1.62. The highest BCUT2D eigenvalue weighted by Gasteiger charge is 2.57. The Bertz CT molecular complexity index is 835. The predicted octanol–water partition coefficient (Wildman–Crippen LogP) is -0.768. The van der Waals surface area contributed by atoms with Gasteiger partial charge in [0.25, 0.3) is 0 Å². The topological polar surface area (TPSA) is 177 Å². The molecule has 1 unspecified atom stereocenters. The van der Waals surface area contributed by atoms with E-state index in [9.17, 15) is 14.8 Å². The minimum Gasteiger partial charge on any atom is -0.387 e. The fraction of sp³-hybridized carbons (Fsp3) is 0.615. The summed E-state index contributed by atoms with van der Waals surface area (Å²) in [4.78, 5) is 30.1. The van der Waals surface area contributed by atoms with Gasteiger partial charge in [-0.15, -0.1) is 0 Å². The number of nitrogens with zero attached hydrogens (tertiary/aromatic N) is 4. The van der Waals surface area contributed by atoms with Gasteiger partial charge in [-0.3, -0.25) is 4.57 Å². The molecular formula is C13H20N5O6P. The van der Waals surface area contributed by atoms with Gasteiger partial charge in [0, 0.05) is 5.92 Å². The molecule has 2 heterocycles. The van der Waals surface area contributed by atoms with E-state index in [4.69, 9.17) is 20.3 Å². The summed E-state index contributed by atoms with van der Waals surface area (Å²) in [6.45, 7) is 3.13. The summed E-state index contributed by atoms with van der Waals surface area (Å²) in [5.41, 5.74) is 4.87. The Labute approximate surface area is 142 Å². The van der Waals surface area contributed by atoms with Crippen molar-refractivity contribution < 1.29 is 29.3 Å². The van der Waals surface area contributed by atoms with Crippen LogP contribution in [0.15, 0.2) is 12.7 Å². The second kappa shape index (κ2) is 5.97. The first kappa shape index (κ1) is 18.2. The molecule has 1 saturated carbocycles. The van der Waals surface area contributed by atoms with Crippen molar-refractivity contribution in [1.82, 2.24) is 19.5 Å². The molecule has 1 aliphatic carbocycles. The molecule has 0 aromatic carbocycles. The van der Waals surface area contributed by atoms with E-state index in [0.717, 1.165) is 0 Å². The van der Waals surface area contributed by atoms with Crippen LogP contribution in [0.25, 0.3) is 11.2 Å². The zero-order valence-corrected chi connectivity index (χ0v) is 14.5. The summed E-state index contributed by atoms with van der Waals surface area (Å²) in [6, 6.07) is -0.705. The zero-order chi connectivity index (χ0) is 18.6. The number of fused-ring (bicyclic) bond motifs is 1. The fourth-order valence-corrected chi connectivity index (χ4v) is 3.91. The average molecular weight is 373 g/mol. The number of rotatable bonds is 4. The second-order valence-electron chi connectivity index (χ2n) is 6.48. The number of aromatic nitrogens is 4. The number of aliphatic hydroxyl groups is 2. The Morgan fingerprint density at radius 3 is 2.72 bits per heavy atom. The van der Waals surface area contributed by atoms with E-state index in [-0.39, 0.29) is 5.82 Å². The van der Waals surface area contributed by atoms with Gasteiger partial charge < -0.3 is 35.0 Å². The normalized spacial score (nSPS) is 33.2. The lowest BCUT2D eigenvalue weighted by molar-refractivity contribution is -0.100. The minimum atomic E-state index is -4.41. The van der Waals surface area contributed by atoms with Crippen LogP contribution in [0, 0.1) is 5.92 Å². The van der Waals surface area contributed by atoms with Crippen LogP contribution in [-0.2, 0) is 9.30 Å². The summed E-state index contributed by atoms with van der Waals surface area (Å²) in [6.07, 6.45) is -0.493. The van der Waals surface area contributed by atoms with Crippen LogP contribution in [0.2, 0.25) is 0 Å². The predicted molar refractivity (Wildman–Crippen MR) is 86.4 cm³/mol. The van der Waals surface area contributed by atoms with E-state index in [2.05, 4.69) is 15.0 Å². The molecule has 6 N–H and O–H groups in total. The largest absolute Gasteiger partial charge is 0.387 e. The van der Waals surface area contributed by atoms with Crippen LogP contribution >= 0.6 is 7.60 Å². The maximum absolute atomic E-state index is 11.1. The third kappa shape index (κ3) is 3.03. The number of nitrogens with two attached hydrogens (primary N) is 1. The molecule has 2 aromatic heterocycles. The molecule has 3 rings (SSSR count). The Balaban J connectivity index is 2.00. The van der Waals surface area contributed by atoms with Gasteiger partial charge in [0.2, 0.25) is 0 Å². The Morgan fingerprint density at radius 1 is 1.40 bits per heavy atom. The molecule has 0 aliphatic heterocycles. The van der Waals surface area contributed by atoms with Gasteiger partial charge in [-0.1, -0.05) is 6.92 Å². The van der Waals surface area contributed by atoms with Gasteiger partial charge in [-0.25, -0.2) is 15.0 Å². The molecule has 0 radical (unpaired) electrons. The Kier molecular flexibility index (Phi) is 4.34. The van der Waals surface area contributed by atoms with E-state index in [1.807, 2.05) is 0 Å². The molecule has 138 valence electrons. The number of nitrogen functional groups attached to an aromatic ring is 1. The van der Waals surface area contributed by atoms with Crippen molar-refractivity contribution in [2.45, 2.75) is 37.7 Å². The van der Waals surface area contributed by atoms with Crippen LogP contribution in [0.1, 0.15) is 19.9 Å². The molecule has 2 aromatic rings. The molecule has 0 bridgehead atoms. The fourth-order valence-electron chi connectivity index (χ4n) is 3.54. The van der Waals surface area contributed by atoms with Crippen molar-refractivity contribution in [3.63, 3.8) is 0 Å². The number of ether oxygens (including phenoxy) is 1. The second-order valence-corrected chi connectivity index (χ2v) is 8.07. The van der Waals surface area contributed by atoms with Gasteiger partial charge in [-0.05, 0) is 6.92 Å². The van der Waals surface area contributed by atoms with Crippen molar-refractivity contribution >= 4 is 24.6 Å². The molecule has 5 atom stereocenters. The van der Waals surface area contributed by atoms with Crippen molar-refractivity contribution in [2.75, 3.05) is 12.1 Å². The van der Waals surface area contributed by atoms with E-state index in [1.165, 1.54) is 19.6 Å². The van der Waals surface area contributed by atoms with E-state index >= 15 is 0 Å². The van der Waals surface area contributed by atoms with Crippen LogP contribution < -0.4 is 5.73 Å². The average Bonchev–Trinajstić information content (AvgIpc) is 2.97. The summed E-state index contributed by atoms with van der Waals surface area (Å²) in [5.74, 6) is -0.311.